The Balaban J connectivity index is 1.62. The summed E-state index contributed by atoms with van der Waals surface area (Å²) in [4.78, 5) is 12.4. The molecule has 1 heterocycles. The normalized spacial score (nSPS) is 11.9. The molecule has 0 aliphatic heterocycles. The Morgan fingerprint density at radius 2 is 1.82 bits per heavy atom. The van der Waals surface area contributed by atoms with Crippen molar-refractivity contribution >= 4 is 17.5 Å². The molecule has 1 aromatic heterocycles. The summed E-state index contributed by atoms with van der Waals surface area (Å²) in [6.07, 6.45) is -0.653. The smallest absolute Gasteiger partial charge is 0.261 e. The highest BCUT2D eigenvalue weighted by Crippen LogP contribution is 2.24. The van der Waals surface area contributed by atoms with Gasteiger partial charge in [0.15, 0.2) is 6.10 Å². The van der Waals surface area contributed by atoms with Gasteiger partial charge in [0, 0.05) is 17.8 Å². The molecule has 0 aliphatic carbocycles. The minimum atomic E-state index is -0.653. The number of hydrogen-bond acceptors (Lipinski definition) is 3. The van der Waals surface area contributed by atoms with Gasteiger partial charge in [0.2, 0.25) is 0 Å². The lowest BCUT2D eigenvalue weighted by Crippen LogP contribution is -2.36. The van der Waals surface area contributed by atoms with Crippen molar-refractivity contribution in [2.45, 2.75) is 40.0 Å². The second kappa shape index (κ2) is 8.93. The minimum Gasteiger partial charge on any atom is -0.479 e. The van der Waals surface area contributed by atoms with E-state index in [0.717, 1.165) is 17.0 Å². The van der Waals surface area contributed by atoms with Gasteiger partial charge in [-0.25, -0.2) is 0 Å². The van der Waals surface area contributed by atoms with Crippen LogP contribution in [0.25, 0.3) is 0 Å². The van der Waals surface area contributed by atoms with Gasteiger partial charge in [0.1, 0.15) is 5.75 Å². The van der Waals surface area contributed by atoms with Crippen LogP contribution in [0, 0.1) is 13.8 Å². The van der Waals surface area contributed by atoms with Crippen molar-refractivity contribution in [3.63, 3.8) is 0 Å². The van der Waals surface area contributed by atoms with Crippen LogP contribution < -0.4 is 10.1 Å². The van der Waals surface area contributed by atoms with Crippen molar-refractivity contribution in [1.29, 1.82) is 0 Å². The van der Waals surface area contributed by atoms with Crippen LogP contribution in [0.2, 0.25) is 5.02 Å². The number of rotatable bonds is 7. The Kier molecular flexibility index (Phi) is 6.37. The molecule has 1 N–H and O–H groups in total. The predicted octanol–water partition coefficient (Wildman–Crippen LogP) is 4.29. The summed E-state index contributed by atoms with van der Waals surface area (Å²) in [5.41, 5.74) is 4.16. The Morgan fingerprint density at radius 3 is 2.54 bits per heavy atom. The van der Waals surface area contributed by atoms with Crippen LogP contribution in [0.5, 0.6) is 5.75 Å². The van der Waals surface area contributed by atoms with E-state index in [2.05, 4.69) is 22.5 Å². The number of hydrogen-bond donors (Lipinski definition) is 1. The average Bonchev–Trinajstić information content (AvgIpc) is 2.95. The SMILES string of the molecule is Cc1nn(Cc2ccccc2)c(C)c1CNC(=O)C(C)Oc1ccccc1Cl. The van der Waals surface area contributed by atoms with Crippen LogP contribution in [-0.4, -0.2) is 21.8 Å². The maximum Gasteiger partial charge on any atom is 0.261 e. The van der Waals surface area contributed by atoms with E-state index in [1.54, 1.807) is 19.1 Å². The molecule has 0 spiro atoms. The lowest BCUT2D eigenvalue weighted by Gasteiger charge is -2.15. The maximum absolute atomic E-state index is 12.4. The molecule has 0 aliphatic rings. The summed E-state index contributed by atoms with van der Waals surface area (Å²) in [6.45, 7) is 6.79. The summed E-state index contributed by atoms with van der Waals surface area (Å²) < 4.78 is 7.64. The third-order valence-electron chi connectivity index (χ3n) is 4.66. The van der Waals surface area contributed by atoms with E-state index in [0.29, 0.717) is 23.9 Å². The molecule has 0 bridgehead atoms. The van der Waals surface area contributed by atoms with Crippen LogP contribution in [0.1, 0.15) is 29.4 Å². The van der Waals surface area contributed by atoms with Crippen molar-refractivity contribution in [3.8, 4) is 5.75 Å². The van der Waals surface area contributed by atoms with Crippen LogP contribution in [0.3, 0.4) is 0 Å². The van der Waals surface area contributed by atoms with Crippen molar-refractivity contribution in [1.82, 2.24) is 15.1 Å². The fourth-order valence-electron chi connectivity index (χ4n) is 3.00. The van der Waals surface area contributed by atoms with E-state index >= 15 is 0 Å². The van der Waals surface area contributed by atoms with Gasteiger partial charge < -0.3 is 10.1 Å². The van der Waals surface area contributed by atoms with Gasteiger partial charge in [-0.15, -0.1) is 0 Å². The Morgan fingerprint density at radius 1 is 1.14 bits per heavy atom. The number of ether oxygens (including phenoxy) is 1. The second-order valence-corrected chi connectivity index (χ2v) is 7.11. The molecule has 28 heavy (non-hydrogen) atoms. The zero-order valence-corrected chi connectivity index (χ0v) is 17.0. The van der Waals surface area contributed by atoms with E-state index < -0.39 is 6.10 Å². The van der Waals surface area contributed by atoms with Gasteiger partial charge >= 0.3 is 0 Å². The molecular weight excluding hydrogens is 374 g/mol. The molecule has 0 saturated heterocycles. The number of aromatic nitrogens is 2. The van der Waals surface area contributed by atoms with Crippen LogP contribution in [0.4, 0.5) is 0 Å². The summed E-state index contributed by atoms with van der Waals surface area (Å²) in [7, 11) is 0. The first-order valence-electron chi connectivity index (χ1n) is 9.21. The first-order chi connectivity index (χ1) is 13.5. The Hall–Kier alpha value is -2.79. The molecule has 0 radical (unpaired) electrons. The molecule has 3 rings (SSSR count). The number of carbonyl (C=O) groups is 1. The van der Waals surface area contributed by atoms with Crippen molar-refractivity contribution < 1.29 is 9.53 Å². The molecule has 0 fully saturated rings. The minimum absolute atomic E-state index is 0.200. The highest BCUT2D eigenvalue weighted by atomic mass is 35.5. The highest BCUT2D eigenvalue weighted by molar-refractivity contribution is 6.32. The topological polar surface area (TPSA) is 56.2 Å². The second-order valence-electron chi connectivity index (χ2n) is 6.70. The molecule has 3 aromatic rings. The first-order valence-corrected chi connectivity index (χ1v) is 9.59. The van der Waals surface area contributed by atoms with E-state index in [1.165, 1.54) is 5.56 Å². The van der Waals surface area contributed by atoms with E-state index in [-0.39, 0.29) is 5.91 Å². The highest BCUT2D eigenvalue weighted by Gasteiger charge is 2.18. The van der Waals surface area contributed by atoms with Gasteiger partial charge in [-0.2, -0.15) is 5.10 Å². The quantitative estimate of drug-likeness (QED) is 0.647. The van der Waals surface area contributed by atoms with Gasteiger partial charge in [-0.1, -0.05) is 54.1 Å². The van der Waals surface area contributed by atoms with Gasteiger partial charge in [0.25, 0.3) is 5.91 Å². The number of aryl methyl sites for hydroxylation is 1. The van der Waals surface area contributed by atoms with Crippen molar-refractivity contribution in [2.24, 2.45) is 0 Å². The lowest BCUT2D eigenvalue weighted by molar-refractivity contribution is -0.127. The van der Waals surface area contributed by atoms with Crippen LogP contribution in [-0.2, 0) is 17.9 Å². The third kappa shape index (κ3) is 4.73. The molecule has 1 atom stereocenters. The molecule has 1 amide bonds. The van der Waals surface area contributed by atoms with Crippen LogP contribution in [0.15, 0.2) is 54.6 Å². The number of halogens is 1. The largest absolute Gasteiger partial charge is 0.479 e. The van der Waals surface area contributed by atoms with Crippen LogP contribution >= 0.6 is 11.6 Å². The van der Waals surface area contributed by atoms with E-state index in [1.807, 2.05) is 48.9 Å². The predicted molar refractivity (Wildman–Crippen MR) is 111 cm³/mol. The molecular formula is C22H24ClN3O2. The fraction of sp³-hybridized carbons (Fsp3) is 0.273. The maximum atomic E-state index is 12.4. The summed E-state index contributed by atoms with van der Waals surface area (Å²) in [6, 6.07) is 17.3. The molecule has 0 saturated carbocycles. The number of nitrogens with zero attached hydrogens (tertiary/aromatic N) is 2. The average molecular weight is 398 g/mol. The number of benzene rings is 2. The zero-order chi connectivity index (χ0) is 20.1. The summed E-state index contributed by atoms with van der Waals surface area (Å²) in [5, 5.41) is 8.04. The van der Waals surface area contributed by atoms with Crippen molar-refractivity contribution in [2.75, 3.05) is 0 Å². The number of amides is 1. The number of carbonyl (C=O) groups excluding carboxylic acids is 1. The molecule has 5 nitrogen and oxygen atoms in total. The van der Waals surface area contributed by atoms with E-state index in [9.17, 15) is 4.79 Å². The Bertz CT molecular complexity index is 954. The lowest BCUT2D eigenvalue weighted by atomic mass is 10.2. The molecule has 6 heteroatoms. The monoisotopic (exact) mass is 397 g/mol. The molecule has 146 valence electrons. The number of nitrogens with one attached hydrogen (secondary N) is 1. The fourth-order valence-corrected chi connectivity index (χ4v) is 3.18. The molecule has 1 unspecified atom stereocenters. The van der Waals surface area contributed by atoms with Crippen molar-refractivity contribution in [3.05, 3.63) is 82.1 Å². The zero-order valence-electron chi connectivity index (χ0n) is 16.3. The number of para-hydroxylation sites is 1. The standard InChI is InChI=1S/C22H24ClN3O2/c1-15-19(16(2)26(25-15)14-18-9-5-4-6-10-18)13-24-22(27)17(3)28-21-12-8-7-11-20(21)23/h4-12,17H,13-14H2,1-3H3,(H,24,27). The third-order valence-corrected chi connectivity index (χ3v) is 4.97. The van der Waals surface area contributed by atoms with E-state index in [4.69, 9.17) is 16.3 Å². The van der Waals surface area contributed by atoms with Gasteiger partial charge in [-0.3, -0.25) is 9.48 Å². The Labute approximate surface area is 170 Å². The summed E-state index contributed by atoms with van der Waals surface area (Å²) >= 11 is 6.09. The first kappa shape index (κ1) is 20.0. The van der Waals surface area contributed by atoms with Gasteiger partial charge in [-0.05, 0) is 38.5 Å². The van der Waals surface area contributed by atoms with Gasteiger partial charge in [0.05, 0.1) is 17.3 Å². The summed E-state index contributed by atoms with van der Waals surface area (Å²) in [5.74, 6) is 0.296. The molecule has 2 aromatic carbocycles.